The van der Waals surface area contributed by atoms with Gasteiger partial charge in [0.25, 0.3) is 0 Å². The SMILES string of the molecule is C[C@H](N)C(=O)N1CCCC[C@@H]1[C@H](C)O. The van der Waals surface area contributed by atoms with E-state index in [0.717, 1.165) is 25.8 Å². The van der Waals surface area contributed by atoms with E-state index in [-0.39, 0.29) is 11.9 Å². The lowest BCUT2D eigenvalue weighted by Crippen LogP contribution is -2.53. The molecule has 0 aliphatic carbocycles. The summed E-state index contributed by atoms with van der Waals surface area (Å²) in [7, 11) is 0. The first-order chi connectivity index (χ1) is 6.54. The topological polar surface area (TPSA) is 66.6 Å². The summed E-state index contributed by atoms with van der Waals surface area (Å²) < 4.78 is 0. The molecule has 4 nitrogen and oxygen atoms in total. The summed E-state index contributed by atoms with van der Waals surface area (Å²) in [5.74, 6) is -0.0457. The number of hydrogen-bond acceptors (Lipinski definition) is 3. The van der Waals surface area contributed by atoms with E-state index < -0.39 is 12.1 Å². The maximum absolute atomic E-state index is 11.7. The van der Waals surface area contributed by atoms with Gasteiger partial charge in [-0.05, 0) is 33.1 Å². The van der Waals surface area contributed by atoms with E-state index in [4.69, 9.17) is 5.73 Å². The zero-order valence-corrected chi connectivity index (χ0v) is 8.94. The minimum Gasteiger partial charge on any atom is -0.391 e. The van der Waals surface area contributed by atoms with Crippen molar-refractivity contribution in [2.45, 2.75) is 51.3 Å². The summed E-state index contributed by atoms with van der Waals surface area (Å²) in [6.45, 7) is 4.16. The molecule has 3 atom stereocenters. The molecule has 1 saturated heterocycles. The molecule has 0 aromatic carbocycles. The molecule has 1 aliphatic rings. The van der Waals surface area contributed by atoms with Crippen molar-refractivity contribution in [3.63, 3.8) is 0 Å². The molecule has 0 radical (unpaired) electrons. The Labute approximate surface area is 85.1 Å². The first-order valence-corrected chi connectivity index (χ1v) is 5.28. The Balaban J connectivity index is 2.67. The average molecular weight is 200 g/mol. The molecule has 3 N–H and O–H groups in total. The number of carbonyl (C=O) groups is 1. The molecule has 1 aliphatic heterocycles. The van der Waals surface area contributed by atoms with Gasteiger partial charge in [0, 0.05) is 6.54 Å². The molecular weight excluding hydrogens is 180 g/mol. The standard InChI is InChI=1S/C10H20N2O2/c1-7(11)10(14)12-6-4-3-5-9(12)8(2)13/h7-9,13H,3-6,11H2,1-2H3/t7-,8-,9+/m0/s1. The molecular formula is C10H20N2O2. The maximum atomic E-state index is 11.7. The third kappa shape index (κ3) is 2.45. The monoisotopic (exact) mass is 200 g/mol. The van der Waals surface area contributed by atoms with Crippen molar-refractivity contribution >= 4 is 5.91 Å². The molecule has 0 aromatic heterocycles. The number of carbonyl (C=O) groups excluding carboxylic acids is 1. The van der Waals surface area contributed by atoms with Crippen LogP contribution in [0.15, 0.2) is 0 Å². The minimum atomic E-state index is -0.464. The summed E-state index contributed by atoms with van der Waals surface area (Å²) in [4.78, 5) is 13.4. The molecule has 14 heavy (non-hydrogen) atoms. The predicted molar refractivity (Wildman–Crippen MR) is 54.7 cm³/mol. The van der Waals surface area contributed by atoms with Crippen LogP contribution in [0.25, 0.3) is 0 Å². The van der Waals surface area contributed by atoms with Gasteiger partial charge in [0.05, 0.1) is 18.2 Å². The van der Waals surface area contributed by atoms with Crippen LogP contribution < -0.4 is 5.73 Å². The number of aliphatic hydroxyl groups is 1. The molecule has 1 amide bonds. The van der Waals surface area contributed by atoms with Gasteiger partial charge >= 0.3 is 0 Å². The summed E-state index contributed by atoms with van der Waals surface area (Å²) >= 11 is 0. The van der Waals surface area contributed by atoms with Gasteiger partial charge in [-0.1, -0.05) is 0 Å². The summed E-state index contributed by atoms with van der Waals surface area (Å²) in [5.41, 5.74) is 5.56. The lowest BCUT2D eigenvalue weighted by atomic mass is 9.97. The van der Waals surface area contributed by atoms with Gasteiger partial charge in [0.15, 0.2) is 0 Å². The lowest BCUT2D eigenvalue weighted by Gasteiger charge is -2.38. The van der Waals surface area contributed by atoms with Crippen LogP contribution in [0.1, 0.15) is 33.1 Å². The predicted octanol–water partition coefficient (Wildman–Crippen LogP) is 0.0955. The number of likely N-dealkylation sites (tertiary alicyclic amines) is 1. The largest absolute Gasteiger partial charge is 0.391 e. The number of rotatable bonds is 2. The average Bonchev–Trinajstić information content (AvgIpc) is 2.16. The highest BCUT2D eigenvalue weighted by atomic mass is 16.3. The Bertz CT molecular complexity index is 204. The van der Waals surface area contributed by atoms with E-state index in [2.05, 4.69) is 0 Å². The summed E-state index contributed by atoms with van der Waals surface area (Å²) in [6, 6.07) is -0.503. The zero-order valence-electron chi connectivity index (χ0n) is 8.94. The van der Waals surface area contributed by atoms with Gasteiger partial charge in [-0.3, -0.25) is 4.79 Å². The zero-order chi connectivity index (χ0) is 10.7. The van der Waals surface area contributed by atoms with Crippen molar-refractivity contribution in [2.24, 2.45) is 5.73 Å². The van der Waals surface area contributed by atoms with Gasteiger partial charge in [0.2, 0.25) is 5.91 Å². The Kier molecular flexibility index (Phi) is 3.89. The van der Waals surface area contributed by atoms with Crippen molar-refractivity contribution in [3.8, 4) is 0 Å². The van der Waals surface area contributed by atoms with Gasteiger partial charge in [-0.2, -0.15) is 0 Å². The number of aliphatic hydroxyl groups excluding tert-OH is 1. The number of hydrogen-bond donors (Lipinski definition) is 2. The molecule has 0 unspecified atom stereocenters. The molecule has 0 bridgehead atoms. The second kappa shape index (κ2) is 4.75. The first-order valence-electron chi connectivity index (χ1n) is 5.28. The molecule has 1 rings (SSSR count). The highest BCUT2D eigenvalue weighted by molar-refractivity contribution is 5.81. The Hall–Kier alpha value is -0.610. The highest BCUT2D eigenvalue weighted by Crippen LogP contribution is 2.20. The highest BCUT2D eigenvalue weighted by Gasteiger charge is 2.30. The Morgan fingerprint density at radius 3 is 2.64 bits per heavy atom. The Morgan fingerprint density at radius 2 is 2.14 bits per heavy atom. The smallest absolute Gasteiger partial charge is 0.239 e. The number of nitrogens with zero attached hydrogens (tertiary/aromatic N) is 1. The van der Waals surface area contributed by atoms with E-state index >= 15 is 0 Å². The molecule has 1 fully saturated rings. The first kappa shape index (κ1) is 11.5. The minimum absolute atomic E-state index is 0.0396. The van der Waals surface area contributed by atoms with Gasteiger partial charge < -0.3 is 15.7 Å². The van der Waals surface area contributed by atoms with Crippen molar-refractivity contribution in [1.82, 2.24) is 4.90 Å². The third-order valence-electron chi connectivity index (χ3n) is 2.78. The van der Waals surface area contributed by atoms with Crippen molar-refractivity contribution in [2.75, 3.05) is 6.54 Å². The van der Waals surface area contributed by atoms with Crippen LogP contribution in [0.4, 0.5) is 0 Å². The molecule has 0 saturated carbocycles. The lowest BCUT2D eigenvalue weighted by molar-refractivity contribution is -0.138. The van der Waals surface area contributed by atoms with Crippen molar-refractivity contribution in [1.29, 1.82) is 0 Å². The van der Waals surface area contributed by atoms with Crippen molar-refractivity contribution in [3.05, 3.63) is 0 Å². The molecule has 82 valence electrons. The van der Waals surface area contributed by atoms with E-state index in [1.807, 2.05) is 0 Å². The van der Waals surface area contributed by atoms with Gasteiger partial charge in [-0.25, -0.2) is 0 Å². The molecule has 4 heteroatoms. The van der Waals surface area contributed by atoms with E-state index in [1.165, 1.54) is 0 Å². The summed E-state index contributed by atoms with van der Waals surface area (Å²) in [5, 5.41) is 9.54. The second-order valence-corrected chi connectivity index (χ2v) is 4.12. The molecule has 1 heterocycles. The van der Waals surface area contributed by atoms with E-state index in [9.17, 15) is 9.90 Å². The van der Waals surface area contributed by atoms with Crippen LogP contribution >= 0.6 is 0 Å². The number of amides is 1. The van der Waals surface area contributed by atoms with E-state index in [1.54, 1.807) is 18.7 Å². The van der Waals surface area contributed by atoms with Crippen LogP contribution in [-0.4, -0.2) is 40.6 Å². The number of piperidine rings is 1. The van der Waals surface area contributed by atoms with E-state index in [0.29, 0.717) is 0 Å². The quantitative estimate of drug-likeness (QED) is 0.664. The van der Waals surface area contributed by atoms with Gasteiger partial charge in [0.1, 0.15) is 0 Å². The fraction of sp³-hybridized carbons (Fsp3) is 0.900. The normalized spacial score (nSPS) is 27.1. The third-order valence-corrected chi connectivity index (χ3v) is 2.78. The van der Waals surface area contributed by atoms with Crippen molar-refractivity contribution < 1.29 is 9.90 Å². The molecule has 0 spiro atoms. The van der Waals surface area contributed by atoms with Crippen LogP contribution in [0.5, 0.6) is 0 Å². The van der Waals surface area contributed by atoms with Crippen LogP contribution in [0.2, 0.25) is 0 Å². The maximum Gasteiger partial charge on any atom is 0.239 e. The second-order valence-electron chi connectivity index (χ2n) is 4.12. The fourth-order valence-electron chi connectivity index (χ4n) is 1.99. The Morgan fingerprint density at radius 1 is 1.50 bits per heavy atom. The summed E-state index contributed by atoms with van der Waals surface area (Å²) in [6.07, 6.45) is 2.52. The van der Waals surface area contributed by atoms with Crippen LogP contribution in [0.3, 0.4) is 0 Å². The molecule has 0 aromatic rings. The van der Waals surface area contributed by atoms with Gasteiger partial charge in [-0.15, -0.1) is 0 Å². The number of nitrogens with two attached hydrogens (primary N) is 1. The van der Waals surface area contributed by atoms with Crippen LogP contribution in [0, 0.1) is 0 Å². The van der Waals surface area contributed by atoms with Crippen LogP contribution in [-0.2, 0) is 4.79 Å². The fourth-order valence-corrected chi connectivity index (χ4v) is 1.99.